The van der Waals surface area contributed by atoms with Gasteiger partial charge in [0.1, 0.15) is 21.6 Å². The fourth-order valence-corrected chi connectivity index (χ4v) is 8.24. The number of nitrogens with one attached hydrogen (secondary N) is 2. The highest BCUT2D eigenvalue weighted by Gasteiger charge is 2.37. The number of hydrogen-bond donors (Lipinski definition) is 4. The number of benzene rings is 4. The Morgan fingerprint density at radius 1 is 0.562 bits per heavy atom. The molecule has 9 nitrogen and oxygen atoms in total. The minimum atomic E-state index is -4.00. The summed E-state index contributed by atoms with van der Waals surface area (Å²) in [5.74, 6) is -3.42. The second-order valence-corrected chi connectivity index (χ2v) is 15.4. The second kappa shape index (κ2) is 12.7. The third-order valence-corrected chi connectivity index (χ3v) is 11.7. The first-order chi connectivity index (χ1) is 22.9. The molecule has 0 aliphatic heterocycles. The lowest BCUT2D eigenvalue weighted by atomic mass is 9.78. The third-order valence-electron chi connectivity index (χ3n) is 8.33. The SMILES string of the molecule is Cc1ccc(S(=O)(=O)c2cc(C(C(=O)C(c3c[nH]c(S(=O)(=O)c4ccc(C)cc4)c3)c3ccccc3O)c3ccccc3O)c[nH]2)cc1. The number of ketones is 1. The van der Waals surface area contributed by atoms with Crippen molar-refractivity contribution < 1.29 is 31.8 Å². The van der Waals surface area contributed by atoms with E-state index in [2.05, 4.69) is 9.97 Å². The topological polar surface area (TPSA) is 157 Å². The highest BCUT2D eigenvalue weighted by molar-refractivity contribution is 7.91. The smallest absolute Gasteiger partial charge is 0.221 e. The Labute approximate surface area is 278 Å². The van der Waals surface area contributed by atoms with Crippen molar-refractivity contribution in [2.75, 3.05) is 0 Å². The Bertz CT molecular complexity index is 2170. The van der Waals surface area contributed by atoms with Crippen molar-refractivity contribution in [3.63, 3.8) is 0 Å². The molecule has 0 saturated carbocycles. The summed E-state index contributed by atoms with van der Waals surface area (Å²) in [6, 6.07) is 27.9. The molecule has 11 heteroatoms. The lowest BCUT2D eigenvalue weighted by Gasteiger charge is -2.24. The van der Waals surface area contributed by atoms with Crippen LogP contribution < -0.4 is 0 Å². The van der Waals surface area contributed by atoms with E-state index in [1.54, 1.807) is 60.7 Å². The van der Waals surface area contributed by atoms with Crippen LogP contribution in [0.2, 0.25) is 0 Å². The number of carbonyl (C=O) groups is 1. The molecule has 2 unspecified atom stereocenters. The number of aryl methyl sites for hydroxylation is 2. The van der Waals surface area contributed by atoms with Crippen molar-refractivity contribution in [3.8, 4) is 11.5 Å². The lowest BCUT2D eigenvalue weighted by molar-refractivity contribution is -0.120. The van der Waals surface area contributed by atoms with Gasteiger partial charge in [0.2, 0.25) is 19.7 Å². The summed E-state index contributed by atoms with van der Waals surface area (Å²) in [6.45, 7) is 3.69. The molecule has 0 aliphatic carbocycles. The van der Waals surface area contributed by atoms with Crippen molar-refractivity contribution in [2.45, 2.75) is 45.5 Å². The first-order valence-electron chi connectivity index (χ1n) is 15.0. The molecule has 0 amide bonds. The minimum absolute atomic E-state index is 0.0636. The Balaban J connectivity index is 1.49. The Morgan fingerprint density at radius 3 is 1.27 bits per heavy atom. The van der Waals surface area contributed by atoms with Crippen LogP contribution in [0, 0.1) is 13.8 Å². The number of carbonyl (C=O) groups excluding carboxylic acids is 1. The summed E-state index contributed by atoms with van der Waals surface area (Å²) in [4.78, 5) is 20.7. The van der Waals surface area contributed by atoms with Gasteiger partial charge in [0, 0.05) is 23.5 Å². The fourth-order valence-electron chi connectivity index (χ4n) is 5.73. The van der Waals surface area contributed by atoms with Crippen LogP contribution >= 0.6 is 0 Å². The summed E-state index contributed by atoms with van der Waals surface area (Å²) >= 11 is 0. The highest BCUT2D eigenvalue weighted by atomic mass is 32.2. The van der Waals surface area contributed by atoms with Gasteiger partial charge in [0.15, 0.2) is 5.78 Å². The van der Waals surface area contributed by atoms with Crippen LogP contribution in [-0.4, -0.2) is 42.8 Å². The number of sulfone groups is 2. The van der Waals surface area contributed by atoms with Crippen LogP contribution in [0.5, 0.6) is 11.5 Å². The van der Waals surface area contributed by atoms with Crippen molar-refractivity contribution in [2.24, 2.45) is 0 Å². The molecule has 6 rings (SSSR count). The molecule has 0 saturated heterocycles. The van der Waals surface area contributed by atoms with Crippen LogP contribution in [0.15, 0.2) is 141 Å². The van der Waals surface area contributed by atoms with E-state index in [0.717, 1.165) is 11.1 Å². The first-order valence-corrected chi connectivity index (χ1v) is 17.9. The molecule has 244 valence electrons. The monoisotopic (exact) mass is 680 g/mol. The summed E-state index contributed by atoms with van der Waals surface area (Å²) < 4.78 is 54.2. The number of para-hydroxylation sites is 2. The zero-order valence-electron chi connectivity index (χ0n) is 26.0. The number of phenolic OH excluding ortho intramolecular Hbond substituents is 2. The molecule has 2 aromatic heterocycles. The molecule has 0 radical (unpaired) electrons. The Kier molecular flexibility index (Phi) is 8.59. The maximum absolute atomic E-state index is 14.9. The third kappa shape index (κ3) is 6.05. The molecule has 6 aromatic rings. The summed E-state index contributed by atoms with van der Waals surface area (Å²) in [5.41, 5.74) is 2.67. The first kappa shape index (κ1) is 32.5. The molecular formula is C37H32N2O7S2. The summed E-state index contributed by atoms with van der Waals surface area (Å²) in [6.07, 6.45) is 2.81. The van der Waals surface area contributed by atoms with E-state index in [-0.39, 0.29) is 53.6 Å². The van der Waals surface area contributed by atoms with Gasteiger partial charge in [0.25, 0.3) is 0 Å². The van der Waals surface area contributed by atoms with Crippen LogP contribution in [-0.2, 0) is 24.5 Å². The number of aromatic hydroxyl groups is 2. The van der Waals surface area contributed by atoms with E-state index < -0.39 is 37.3 Å². The molecule has 48 heavy (non-hydrogen) atoms. The van der Waals surface area contributed by atoms with Crippen LogP contribution in [0.1, 0.15) is 45.2 Å². The highest BCUT2D eigenvalue weighted by Crippen LogP contribution is 2.42. The molecule has 0 fully saturated rings. The average molecular weight is 681 g/mol. The van der Waals surface area contributed by atoms with Crippen molar-refractivity contribution in [1.29, 1.82) is 0 Å². The van der Waals surface area contributed by atoms with Gasteiger partial charge in [-0.1, -0.05) is 71.8 Å². The quantitative estimate of drug-likeness (QED) is 0.127. The van der Waals surface area contributed by atoms with Gasteiger partial charge >= 0.3 is 0 Å². The maximum atomic E-state index is 14.9. The van der Waals surface area contributed by atoms with Gasteiger partial charge in [-0.05, 0) is 73.5 Å². The predicted molar refractivity (Wildman–Crippen MR) is 180 cm³/mol. The van der Waals surface area contributed by atoms with E-state index in [1.165, 1.54) is 60.9 Å². The van der Waals surface area contributed by atoms with Crippen LogP contribution in [0.3, 0.4) is 0 Å². The summed E-state index contributed by atoms with van der Waals surface area (Å²) in [7, 11) is -8.00. The molecule has 0 spiro atoms. The van der Waals surface area contributed by atoms with Gasteiger partial charge in [-0.2, -0.15) is 0 Å². The Hall–Kier alpha value is -5.39. The number of aromatic amines is 2. The number of hydrogen-bond acceptors (Lipinski definition) is 7. The molecule has 0 bridgehead atoms. The van der Waals surface area contributed by atoms with Gasteiger partial charge in [-0.15, -0.1) is 0 Å². The molecular weight excluding hydrogens is 649 g/mol. The van der Waals surface area contributed by atoms with Crippen molar-refractivity contribution in [3.05, 3.63) is 155 Å². The normalized spacial score (nSPS) is 13.2. The van der Waals surface area contributed by atoms with E-state index in [1.807, 2.05) is 13.8 Å². The predicted octanol–water partition coefficient (Wildman–Crippen LogP) is 6.57. The zero-order valence-corrected chi connectivity index (χ0v) is 27.6. The molecule has 4 aromatic carbocycles. The summed E-state index contributed by atoms with van der Waals surface area (Å²) in [5, 5.41) is 21.7. The lowest BCUT2D eigenvalue weighted by Crippen LogP contribution is -2.22. The van der Waals surface area contributed by atoms with Crippen LogP contribution in [0.4, 0.5) is 0 Å². The number of Topliss-reactive ketones (excluding diaryl/α,β-unsaturated/α-hetero) is 1. The van der Waals surface area contributed by atoms with Gasteiger partial charge in [0.05, 0.1) is 21.6 Å². The second-order valence-electron chi connectivity index (χ2n) is 11.6. The number of H-pyrrole nitrogens is 2. The molecule has 0 aliphatic rings. The van der Waals surface area contributed by atoms with Crippen molar-refractivity contribution >= 4 is 25.5 Å². The number of phenols is 2. The molecule has 2 atom stereocenters. The minimum Gasteiger partial charge on any atom is -0.508 e. The number of rotatable bonds is 10. The molecule has 2 heterocycles. The zero-order chi connectivity index (χ0) is 34.2. The Morgan fingerprint density at radius 2 is 0.917 bits per heavy atom. The van der Waals surface area contributed by atoms with E-state index in [4.69, 9.17) is 0 Å². The van der Waals surface area contributed by atoms with E-state index in [0.29, 0.717) is 0 Å². The van der Waals surface area contributed by atoms with Gasteiger partial charge in [-0.3, -0.25) is 4.79 Å². The molecule has 4 N–H and O–H groups in total. The average Bonchev–Trinajstić information content (AvgIpc) is 3.76. The van der Waals surface area contributed by atoms with Crippen LogP contribution in [0.25, 0.3) is 0 Å². The number of aromatic nitrogens is 2. The standard InChI is InChI=1S/C37H32N2O7S2/c1-23-11-15-27(16-12-23)47(43,44)33-19-25(21-38-33)35(29-7-3-5-9-31(29)40)37(42)36(30-8-4-6-10-32(30)41)26-20-34(39-22-26)48(45,46)28-17-13-24(2)14-18-28/h3-22,35-36,38-41H,1-2H3. The van der Waals surface area contributed by atoms with Gasteiger partial charge in [-0.25, -0.2) is 16.8 Å². The van der Waals surface area contributed by atoms with Crippen molar-refractivity contribution in [1.82, 2.24) is 9.97 Å². The van der Waals surface area contributed by atoms with Gasteiger partial charge < -0.3 is 20.2 Å². The maximum Gasteiger partial charge on any atom is 0.221 e. The fraction of sp³-hybridized carbons (Fsp3) is 0.108. The van der Waals surface area contributed by atoms with E-state index in [9.17, 15) is 31.8 Å². The largest absolute Gasteiger partial charge is 0.508 e. The van der Waals surface area contributed by atoms with E-state index >= 15 is 0 Å².